The Kier molecular flexibility index (Phi) is 4.46. The number of aromatic nitrogens is 2. The Bertz CT molecular complexity index is 684. The van der Waals surface area contributed by atoms with Gasteiger partial charge in [-0.05, 0) is 47.5 Å². The molecule has 2 fully saturated rings. The molecule has 0 radical (unpaired) electrons. The van der Waals surface area contributed by atoms with E-state index in [2.05, 4.69) is 10.2 Å². The van der Waals surface area contributed by atoms with E-state index in [0.29, 0.717) is 13.0 Å². The summed E-state index contributed by atoms with van der Waals surface area (Å²) < 4.78 is 10.7. The van der Waals surface area contributed by atoms with Gasteiger partial charge in [-0.15, -0.1) is 10.2 Å². The van der Waals surface area contributed by atoms with E-state index in [1.807, 2.05) is 6.92 Å². The first-order chi connectivity index (χ1) is 12.1. The molecule has 1 aromatic rings. The maximum atomic E-state index is 13.2. The van der Waals surface area contributed by atoms with E-state index in [4.69, 9.17) is 9.15 Å². The molecule has 144 valence electrons. The molecule has 0 aliphatic carbocycles. The molecule has 0 aromatic carbocycles. The topological polar surface area (TPSA) is 109 Å². The van der Waals surface area contributed by atoms with Crippen LogP contribution in [0.1, 0.15) is 59.4 Å². The van der Waals surface area contributed by atoms with Crippen LogP contribution in [0.4, 0.5) is 4.79 Å². The molecule has 1 aromatic heterocycles. The summed E-state index contributed by atoms with van der Waals surface area (Å²) in [6.07, 6.45) is 1.08. The van der Waals surface area contributed by atoms with Crippen molar-refractivity contribution in [3.63, 3.8) is 0 Å². The molecule has 9 nitrogen and oxygen atoms in total. The largest absolute Gasteiger partial charge is 0.444 e. The maximum Gasteiger partial charge on any atom is 0.411 e. The lowest BCUT2D eigenvalue weighted by Gasteiger charge is -2.58. The molecule has 9 heteroatoms. The van der Waals surface area contributed by atoms with E-state index in [-0.39, 0.29) is 17.8 Å². The van der Waals surface area contributed by atoms with Crippen molar-refractivity contribution in [1.29, 1.82) is 0 Å². The Morgan fingerprint density at radius 2 is 2.19 bits per heavy atom. The first-order valence-electron chi connectivity index (χ1n) is 8.87. The molecule has 0 bridgehead atoms. The van der Waals surface area contributed by atoms with E-state index in [9.17, 15) is 14.7 Å². The highest BCUT2D eigenvalue weighted by atomic mass is 16.6. The van der Waals surface area contributed by atoms with Crippen molar-refractivity contribution in [2.45, 2.75) is 76.8 Å². The molecule has 1 spiro atoms. The molecule has 3 rings (SSSR count). The van der Waals surface area contributed by atoms with E-state index < -0.39 is 29.4 Å². The minimum absolute atomic E-state index is 0.178. The fraction of sp³-hybridized carbons (Fsp3) is 0.765. The number of carbonyl (C=O) groups excluding carboxylic acids is 2. The zero-order valence-corrected chi connectivity index (χ0v) is 15.8. The third-order valence-electron chi connectivity index (χ3n) is 5.13. The highest BCUT2D eigenvalue weighted by Gasteiger charge is 2.67. The molecule has 2 saturated heterocycles. The van der Waals surface area contributed by atoms with Gasteiger partial charge in [0.25, 0.3) is 5.91 Å². The zero-order chi connectivity index (χ0) is 19.3. The second-order valence-corrected chi connectivity index (χ2v) is 8.01. The molecule has 2 unspecified atom stereocenters. The fourth-order valence-corrected chi connectivity index (χ4v) is 4.05. The number of nitrogens with zero attached hydrogens (tertiary/aromatic N) is 4. The van der Waals surface area contributed by atoms with Gasteiger partial charge in [0.2, 0.25) is 12.3 Å². The number of aliphatic hydroxyl groups excluding tert-OH is 1. The normalized spacial score (nSPS) is 28.2. The molecular weight excluding hydrogens is 340 g/mol. The van der Waals surface area contributed by atoms with Crippen LogP contribution in [0.3, 0.4) is 0 Å². The predicted molar refractivity (Wildman–Crippen MR) is 89.9 cm³/mol. The molecule has 0 saturated carbocycles. The van der Waals surface area contributed by atoms with Crippen LogP contribution < -0.4 is 0 Å². The summed E-state index contributed by atoms with van der Waals surface area (Å²) in [5.41, 5.74) is -1.57. The van der Waals surface area contributed by atoms with Crippen LogP contribution in [-0.4, -0.2) is 66.9 Å². The van der Waals surface area contributed by atoms with Crippen molar-refractivity contribution >= 4 is 12.0 Å². The van der Waals surface area contributed by atoms with Crippen molar-refractivity contribution in [2.75, 3.05) is 6.54 Å². The van der Waals surface area contributed by atoms with Gasteiger partial charge < -0.3 is 19.2 Å². The summed E-state index contributed by atoms with van der Waals surface area (Å²) in [7, 11) is 0. The molecule has 2 aliphatic rings. The van der Waals surface area contributed by atoms with Crippen LogP contribution in [0.25, 0.3) is 0 Å². The van der Waals surface area contributed by atoms with Crippen LogP contribution in [0.15, 0.2) is 10.8 Å². The quantitative estimate of drug-likeness (QED) is 0.807. The number of hydrogen-bond acceptors (Lipinski definition) is 7. The van der Waals surface area contributed by atoms with E-state index in [1.54, 1.807) is 27.7 Å². The Labute approximate surface area is 152 Å². The Morgan fingerprint density at radius 1 is 1.50 bits per heavy atom. The second kappa shape index (κ2) is 6.22. The molecule has 2 amide bonds. The number of aliphatic hydroxyl groups is 1. The Balaban J connectivity index is 1.86. The van der Waals surface area contributed by atoms with Crippen LogP contribution in [0.5, 0.6) is 0 Å². The summed E-state index contributed by atoms with van der Waals surface area (Å²) in [6.45, 7) is 9.30. The summed E-state index contributed by atoms with van der Waals surface area (Å²) >= 11 is 0. The van der Waals surface area contributed by atoms with Crippen LogP contribution >= 0.6 is 0 Å². The summed E-state index contributed by atoms with van der Waals surface area (Å²) in [5, 5.41) is 17.7. The van der Waals surface area contributed by atoms with Gasteiger partial charge in [-0.3, -0.25) is 9.69 Å². The van der Waals surface area contributed by atoms with E-state index in [1.165, 1.54) is 9.80 Å². The Hall–Kier alpha value is -2.16. The monoisotopic (exact) mass is 366 g/mol. The molecule has 26 heavy (non-hydrogen) atoms. The van der Waals surface area contributed by atoms with E-state index >= 15 is 0 Å². The van der Waals surface area contributed by atoms with Crippen molar-refractivity contribution in [2.24, 2.45) is 0 Å². The third kappa shape index (κ3) is 2.74. The number of amides is 2. The summed E-state index contributed by atoms with van der Waals surface area (Å²) in [5.74, 6) is -0.0469. The SMILES string of the molecule is CC1N([C@H](c2nnco2)[C@@H](C)O)C(=O)C12CCCN2C(=O)OC(C)(C)C. The summed E-state index contributed by atoms with van der Waals surface area (Å²) in [4.78, 5) is 28.9. The minimum atomic E-state index is -0.935. The van der Waals surface area contributed by atoms with Crippen molar-refractivity contribution in [1.82, 2.24) is 20.0 Å². The van der Waals surface area contributed by atoms with Crippen molar-refractivity contribution < 1.29 is 23.8 Å². The fourth-order valence-electron chi connectivity index (χ4n) is 4.05. The third-order valence-corrected chi connectivity index (χ3v) is 5.13. The average Bonchev–Trinajstić information content (AvgIpc) is 3.20. The molecule has 3 heterocycles. The van der Waals surface area contributed by atoms with Crippen LogP contribution in [-0.2, 0) is 9.53 Å². The number of ether oxygens (including phenoxy) is 1. The van der Waals surface area contributed by atoms with Crippen LogP contribution in [0.2, 0.25) is 0 Å². The van der Waals surface area contributed by atoms with Crippen molar-refractivity contribution in [3.05, 3.63) is 12.3 Å². The average molecular weight is 366 g/mol. The number of rotatable bonds is 3. The van der Waals surface area contributed by atoms with Gasteiger partial charge in [-0.2, -0.15) is 0 Å². The minimum Gasteiger partial charge on any atom is -0.444 e. The number of hydrogen-bond donors (Lipinski definition) is 1. The van der Waals surface area contributed by atoms with Gasteiger partial charge in [0, 0.05) is 6.54 Å². The smallest absolute Gasteiger partial charge is 0.411 e. The zero-order valence-electron chi connectivity index (χ0n) is 15.8. The number of carbonyl (C=O) groups is 2. The lowest BCUT2D eigenvalue weighted by molar-refractivity contribution is -0.182. The second-order valence-electron chi connectivity index (χ2n) is 8.01. The molecular formula is C17H26N4O5. The standard InChI is InChI=1S/C17H26N4O5/c1-10(22)12(13-19-18-9-25-13)21-11(2)17(14(21)23)7-6-8-20(17)15(24)26-16(3,4)5/h9-12,22H,6-8H2,1-5H3/t10-,11?,12+,17?/m1/s1. The highest BCUT2D eigenvalue weighted by molar-refractivity contribution is 5.97. The first kappa shape index (κ1) is 18.6. The van der Waals surface area contributed by atoms with Gasteiger partial charge in [0.15, 0.2) is 0 Å². The molecule has 4 atom stereocenters. The molecule has 2 aliphatic heterocycles. The van der Waals surface area contributed by atoms with Gasteiger partial charge >= 0.3 is 6.09 Å². The first-order valence-corrected chi connectivity index (χ1v) is 8.87. The summed E-state index contributed by atoms with van der Waals surface area (Å²) in [6, 6.07) is -1.05. The maximum absolute atomic E-state index is 13.2. The lowest BCUT2D eigenvalue weighted by Crippen LogP contribution is -2.79. The predicted octanol–water partition coefficient (Wildman–Crippen LogP) is 1.49. The van der Waals surface area contributed by atoms with Gasteiger partial charge in [0.1, 0.15) is 17.2 Å². The van der Waals surface area contributed by atoms with E-state index in [0.717, 1.165) is 12.8 Å². The van der Waals surface area contributed by atoms with Crippen LogP contribution in [0, 0.1) is 0 Å². The van der Waals surface area contributed by atoms with Crippen molar-refractivity contribution in [3.8, 4) is 0 Å². The van der Waals surface area contributed by atoms with Gasteiger partial charge in [0.05, 0.1) is 12.1 Å². The Morgan fingerprint density at radius 3 is 2.69 bits per heavy atom. The number of β-lactam (4-membered cyclic amide) rings is 1. The highest BCUT2D eigenvalue weighted by Crippen LogP contribution is 2.48. The number of likely N-dealkylation sites (tertiary alicyclic amines) is 2. The lowest BCUT2D eigenvalue weighted by atomic mass is 9.75. The van der Waals surface area contributed by atoms with Gasteiger partial charge in [-0.25, -0.2) is 4.79 Å². The molecule has 1 N–H and O–H groups in total. The van der Waals surface area contributed by atoms with Gasteiger partial charge in [-0.1, -0.05) is 0 Å².